The molecule has 2 heterocycles. The van der Waals surface area contributed by atoms with Crippen LogP contribution < -0.4 is 5.32 Å². The first kappa shape index (κ1) is 11.1. The first-order valence-corrected chi connectivity index (χ1v) is 5.70. The molecule has 0 aliphatic rings. The minimum absolute atomic E-state index is 0.534. The zero-order chi connectivity index (χ0) is 11.5. The Labute approximate surface area is 102 Å². The van der Waals surface area contributed by atoms with Gasteiger partial charge in [-0.15, -0.1) is 0 Å². The van der Waals surface area contributed by atoms with Crippen molar-refractivity contribution in [1.29, 1.82) is 0 Å². The topological polar surface area (TPSA) is 66.5 Å². The number of hydrogen-bond acceptors (Lipinski definition) is 4. The van der Waals surface area contributed by atoms with E-state index in [1.54, 1.807) is 6.33 Å². The van der Waals surface area contributed by atoms with E-state index in [9.17, 15) is 0 Å². The Kier molecular flexibility index (Phi) is 3.19. The van der Waals surface area contributed by atoms with E-state index in [1.807, 2.05) is 0 Å². The molecule has 2 rings (SSSR count). The summed E-state index contributed by atoms with van der Waals surface area (Å²) >= 11 is 3.26. The number of fused-ring (bicyclic) bond motifs is 1. The van der Waals surface area contributed by atoms with Gasteiger partial charge in [0.05, 0.1) is 6.33 Å². The van der Waals surface area contributed by atoms with Gasteiger partial charge in [-0.25, -0.2) is 15.0 Å². The van der Waals surface area contributed by atoms with Crippen LogP contribution in [0.4, 0.5) is 5.82 Å². The van der Waals surface area contributed by atoms with Gasteiger partial charge in [0.2, 0.25) is 4.73 Å². The molecule has 0 radical (unpaired) electrons. The largest absolute Gasteiger partial charge is 0.365 e. The number of aromatic amines is 1. The predicted molar refractivity (Wildman–Crippen MR) is 67.3 cm³/mol. The van der Waals surface area contributed by atoms with E-state index < -0.39 is 0 Å². The zero-order valence-corrected chi connectivity index (χ0v) is 10.7. The second-order valence-electron chi connectivity index (χ2n) is 3.60. The van der Waals surface area contributed by atoms with E-state index in [-0.39, 0.29) is 0 Å². The standard InChI is InChI=1S/C10H12BrN5/c1-6(2)3-4-12-8-7-9(14-5-13-7)16-10(11)15-8/h3,5H,4H2,1-2H3,(H2,12,13,14,15,16). The molecule has 0 unspecified atom stereocenters. The molecule has 0 amide bonds. The number of hydrogen-bond donors (Lipinski definition) is 2. The van der Waals surface area contributed by atoms with Gasteiger partial charge in [-0.1, -0.05) is 11.6 Å². The second-order valence-corrected chi connectivity index (χ2v) is 4.31. The molecule has 0 spiro atoms. The van der Waals surface area contributed by atoms with Gasteiger partial charge in [-0.2, -0.15) is 0 Å². The Morgan fingerprint density at radius 2 is 2.31 bits per heavy atom. The van der Waals surface area contributed by atoms with Crippen LogP contribution in [0.15, 0.2) is 22.7 Å². The third kappa shape index (κ3) is 2.38. The van der Waals surface area contributed by atoms with E-state index in [2.05, 4.69) is 61.1 Å². The van der Waals surface area contributed by atoms with Crippen LogP contribution in [0.25, 0.3) is 11.2 Å². The van der Waals surface area contributed by atoms with Crippen LogP contribution in [0.2, 0.25) is 0 Å². The Bertz CT molecular complexity index is 527. The monoisotopic (exact) mass is 281 g/mol. The summed E-state index contributed by atoms with van der Waals surface area (Å²) in [5.74, 6) is 0.756. The van der Waals surface area contributed by atoms with Gasteiger partial charge in [0, 0.05) is 6.54 Å². The number of halogens is 1. The first-order chi connectivity index (χ1) is 7.66. The van der Waals surface area contributed by atoms with Crippen molar-refractivity contribution in [3.8, 4) is 0 Å². The van der Waals surface area contributed by atoms with Gasteiger partial charge in [-0.3, -0.25) is 0 Å². The Morgan fingerprint density at radius 1 is 1.50 bits per heavy atom. The summed E-state index contributed by atoms with van der Waals surface area (Å²) < 4.78 is 0.534. The summed E-state index contributed by atoms with van der Waals surface area (Å²) in [7, 11) is 0. The average Bonchev–Trinajstić information content (AvgIpc) is 2.64. The molecule has 0 saturated heterocycles. The minimum Gasteiger partial charge on any atom is -0.365 e. The van der Waals surface area contributed by atoms with E-state index in [4.69, 9.17) is 0 Å². The van der Waals surface area contributed by atoms with Gasteiger partial charge < -0.3 is 10.3 Å². The molecular weight excluding hydrogens is 270 g/mol. The van der Waals surface area contributed by atoms with Crippen molar-refractivity contribution in [1.82, 2.24) is 19.9 Å². The summed E-state index contributed by atoms with van der Waals surface area (Å²) in [5.41, 5.74) is 2.74. The number of aromatic nitrogens is 4. The van der Waals surface area contributed by atoms with E-state index in [0.29, 0.717) is 10.4 Å². The minimum atomic E-state index is 0.534. The number of allylic oxidation sites excluding steroid dienone is 1. The molecule has 0 aliphatic heterocycles. The van der Waals surface area contributed by atoms with E-state index in [1.165, 1.54) is 5.57 Å². The lowest BCUT2D eigenvalue weighted by atomic mass is 10.3. The van der Waals surface area contributed by atoms with Gasteiger partial charge in [0.15, 0.2) is 11.5 Å². The summed E-state index contributed by atoms with van der Waals surface area (Å²) in [6, 6.07) is 0. The van der Waals surface area contributed by atoms with Crippen LogP contribution >= 0.6 is 15.9 Å². The molecule has 84 valence electrons. The Morgan fingerprint density at radius 3 is 3.06 bits per heavy atom. The number of imidazole rings is 1. The van der Waals surface area contributed by atoms with Crippen LogP contribution in [0.1, 0.15) is 13.8 Å². The fourth-order valence-corrected chi connectivity index (χ4v) is 1.63. The van der Waals surface area contributed by atoms with Gasteiger partial charge in [0.1, 0.15) is 5.52 Å². The molecule has 0 bridgehead atoms. The number of nitrogens with one attached hydrogen (secondary N) is 2. The van der Waals surface area contributed by atoms with Crippen LogP contribution in [0.5, 0.6) is 0 Å². The highest BCUT2D eigenvalue weighted by molar-refractivity contribution is 9.10. The molecule has 0 aliphatic carbocycles. The number of nitrogens with zero attached hydrogens (tertiary/aromatic N) is 3. The SMILES string of the molecule is CC(C)=CCNc1nc(Br)nc2nc[nH]c12. The molecule has 0 fully saturated rings. The third-order valence-corrected chi connectivity index (χ3v) is 2.39. The molecule has 2 N–H and O–H groups in total. The average molecular weight is 282 g/mol. The lowest BCUT2D eigenvalue weighted by molar-refractivity contribution is 1.12. The summed E-state index contributed by atoms with van der Waals surface area (Å²) in [5, 5.41) is 3.22. The number of H-pyrrole nitrogens is 1. The Balaban J connectivity index is 2.28. The third-order valence-electron chi connectivity index (χ3n) is 2.04. The molecular formula is C10H12BrN5. The summed E-state index contributed by atoms with van der Waals surface area (Å²) in [4.78, 5) is 15.5. The maximum absolute atomic E-state index is 4.26. The molecule has 5 nitrogen and oxygen atoms in total. The van der Waals surface area contributed by atoms with Crippen LogP contribution in [0.3, 0.4) is 0 Å². The van der Waals surface area contributed by atoms with Crippen molar-refractivity contribution < 1.29 is 0 Å². The van der Waals surface area contributed by atoms with Gasteiger partial charge in [-0.05, 0) is 29.8 Å². The predicted octanol–water partition coefficient (Wildman–Crippen LogP) is 2.49. The van der Waals surface area contributed by atoms with Crippen LogP contribution in [-0.2, 0) is 0 Å². The molecule has 6 heteroatoms. The van der Waals surface area contributed by atoms with Crippen molar-refractivity contribution in [2.24, 2.45) is 0 Å². The van der Waals surface area contributed by atoms with Crippen molar-refractivity contribution in [2.75, 3.05) is 11.9 Å². The highest BCUT2D eigenvalue weighted by atomic mass is 79.9. The lowest BCUT2D eigenvalue weighted by Crippen LogP contribution is -2.03. The molecule has 0 saturated carbocycles. The molecule has 2 aromatic rings. The number of anilines is 1. The van der Waals surface area contributed by atoms with Gasteiger partial charge in [0.25, 0.3) is 0 Å². The zero-order valence-electron chi connectivity index (χ0n) is 9.08. The quantitative estimate of drug-likeness (QED) is 0.670. The van der Waals surface area contributed by atoms with Crippen molar-refractivity contribution in [2.45, 2.75) is 13.8 Å². The highest BCUT2D eigenvalue weighted by Gasteiger charge is 2.07. The smallest absolute Gasteiger partial charge is 0.200 e. The van der Waals surface area contributed by atoms with E-state index >= 15 is 0 Å². The molecule has 2 aromatic heterocycles. The van der Waals surface area contributed by atoms with Gasteiger partial charge >= 0.3 is 0 Å². The summed E-state index contributed by atoms with van der Waals surface area (Å²) in [6.07, 6.45) is 3.70. The summed E-state index contributed by atoms with van der Waals surface area (Å²) in [6.45, 7) is 4.85. The van der Waals surface area contributed by atoms with E-state index in [0.717, 1.165) is 17.9 Å². The molecule has 0 atom stereocenters. The molecule has 16 heavy (non-hydrogen) atoms. The maximum atomic E-state index is 4.26. The maximum Gasteiger partial charge on any atom is 0.200 e. The normalized spacial score (nSPS) is 10.4. The van der Waals surface area contributed by atoms with Crippen LogP contribution in [-0.4, -0.2) is 26.5 Å². The lowest BCUT2D eigenvalue weighted by Gasteiger charge is -2.03. The van der Waals surface area contributed by atoms with Crippen molar-refractivity contribution >= 4 is 32.9 Å². The fourth-order valence-electron chi connectivity index (χ4n) is 1.29. The number of rotatable bonds is 3. The second kappa shape index (κ2) is 4.61. The Hall–Kier alpha value is -1.43. The van der Waals surface area contributed by atoms with Crippen molar-refractivity contribution in [3.05, 3.63) is 22.7 Å². The molecule has 0 aromatic carbocycles. The fraction of sp³-hybridized carbons (Fsp3) is 0.300. The highest BCUT2D eigenvalue weighted by Crippen LogP contribution is 2.18. The first-order valence-electron chi connectivity index (χ1n) is 4.90. The van der Waals surface area contributed by atoms with Crippen LogP contribution in [0, 0.1) is 0 Å². The van der Waals surface area contributed by atoms with Crippen molar-refractivity contribution in [3.63, 3.8) is 0 Å².